The topological polar surface area (TPSA) is 66.9 Å². The van der Waals surface area contributed by atoms with Crippen molar-refractivity contribution in [3.63, 3.8) is 0 Å². The van der Waals surface area contributed by atoms with Gasteiger partial charge in [0.2, 0.25) is 11.8 Å². The van der Waals surface area contributed by atoms with E-state index >= 15 is 0 Å². The highest BCUT2D eigenvalue weighted by Gasteiger charge is 2.65. The van der Waals surface area contributed by atoms with E-state index in [0.717, 1.165) is 22.3 Å². The van der Waals surface area contributed by atoms with Crippen molar-refractivity contribution in [1.82, 2.24) is 4.90 Å². The van der Waals surface area contributed by atoms with Gasteiger partial charge in [-0.1, -0.05) is 103 Å². The van der Waals surface area contributed by atoms with Crippen LogP contribution in [-0.4, -0.2) is 28.7 Å². The molecule has 2 amide bonds. The Morgan fingerprint density at radius 3 is 2.07 bits per heavy atom. The van der Waals surface area contributed by atoms with Gasteiger partial charge >= 0.3 is 5.97 Å². The number of esters is 1. The Hall–Kier alpha value is -4.68. The maximum atomic E-state index is 14.3. The van der Waals surface area contributed by atoms with Crippen molar-refractivity contribution in [3.05, 3.63) is 143 Å². The number of amides is 2. The second kappa shape index (κ2) is 10.1. The average Bonchev–Trinajstić information content (AvgIpc) is 3.48. The third-order valence-corrected chi connectivity index (χ3v) is 8.44. The van der Waals surface area contributed by atoms with E-state index in [1.165, 1.54) is 4.90 Å². The minimum absolute atomic E-state index is 0.347. The highest BCUT2D eigenvalue weighted by molar-refractivity contribution is 6.31. The van der Waals surface area contributed by atoms with Gasteiger partial charge in [0.05, 0.1) is 23.6 Å². The first-order valence-corrected chi connectivity index (χ1v) is 13.9. The summed E-state index contributed by atoms with van der Waals surface area (Å²) in [5.41, 5.74) is 3.87. The summed E-state index contributed by atoms with van der Waals surface area (Å²) >= 11 is 6.23. The zero-order valence-electron chi connectivity index (χ0n) is 21.8. The van der Waals surface area contributed by atoms with Gasteiger partial charge in [-0.3, -0.25) is 9.59 Å². The third kappa shape index (κ3) is 4.14. The van der Waals surface area contributed by atoms with Gasteiger partial charge in [0.15, 0.2) is 6.10 Å². The predicted octanol–water partition coefficient (Wildman–Crippen LogP) is 6.19. The Balaban J connectivity index is 1.32. The first-order valence-electron chi connectivity index (χ1n) is 13.5. The molecule has 202 valence electrons. The van der Waals surface area contributed by atoms with Crippen LogP contribution in [0, 0.1) is 11.8 Å². The van der Waals surface area contributed by atoms with E-state index < -0.39 is 41.9 Å². The lowest BCUT2D eigenvalue weighted by Gasteiger charge is -2.35. The number of anilines is 1. The van der Waals surface area contributed by atoms with Crippen LogP contribution < -0.4 is 4.90 Å². The minimum Gasteiger partial charge on any atom is -0.451 e. The third-order valence-electron chi connectivity index (χ3n) is 8.21. The van der Waals surface area contributed by atoms with Gasteiger partial charge in [-0.15, -0.1) is 0 Å². The molecule has 3 aliphatic rings. The number of carbonyl (C=O) groups is 3. The summed E-state index contributed by atoms with van der Waals surface area (Å²) in [6, 6.07) is 32.0. The van der Waals surface area contributed by atoms with Gasteiger partial charge in [0, 0.05) is 11.2 Å². The van der Waals surface area contributed by atoms with Crippen molar-refractivity contribution in [3.8, 4) is 0 Å². The molecule has 0 aliphatic carbocycles. The van der Waals surface area contributed by atoms with Crippen molar-refractivity contribution >= 4 is 41.1 Å². The van der Waals surface area contributed by atoms with Crippen LogP contribution in [0.4, 0.5) is 5.69 Å². The molecule has 3 heterocycles. The molecule has 0 aromatic heterocycles. The highest BCUT2D eigenvalue weighted by Crippen LogP contribution is 2.53. The standard InChI is InChI=1S/C34H25ClN2O4/c35-24-15-9-16-25(20-24)37-32(38)27-28(33(37)39)30(36-19-18-21-10-7-8-17-26(21)29(27)36)34(40)41-31(22-11-3-1-4-12-22)23-13-5-2-6-14-23/h1-20,27-31H/t27-,28+,29?,30-/m0/s1. The molecule has 0 radical (unpaired) electrons. The fourth-order valence-electron chi connectivity index (χ4n) is 6.47. The Labute approximate surface area is 242 Å². The van der Waals surface area contributed by atoms with E-state index in [-0.39, 0.29) is 5.91 Å². The molecule has 4 aromatic rings. The summed E-state index contributed by atoms with van der Waals surface area (Å²) in [5, 5.41) is 0.414. The summed E-state index contributed by atoms with van der Waals surface area (Å²) in [4.78, 5) is 45.5. The second-order valence-corrected chi connectivity index (χ2v) is 10.9. The molecular formula is C34H25ClN2O4. The summed E-state index contributed by atoms with van der Waals surface area (Å²) in [6.45, 7) is 0. The number of hydrogen-bond acceptors (Lipinski definition) is 5. The minimum atomic E-state index is -0.995. The van der Waals surface area contributed by atoms with E-state index in [0.29, 0.717) is 10.7 Å². The van der Waals surface area contributed by atoms with Crippen LogP contribution in [0.5, 0.6) is 0 Å². The maximum Gasteiger partial charge on any atom is 0.330 e. The first-order chi connectivity index (χ1) is 20.0. The molecule has 41 heavy (non-hydrogen) atoms. The Morgan fingerprint density at radius 1 is 0.756 bits per heavy atom. The van der Waals surface area contributed by atoms with Gasteiger partial charge in [-0.2, -0.15) is 0 Å². The Morgan fingerprint density at radius 2 is 1.39 bits per heavy atom. The lowest BCUT2D eigenvalue weighted by atomic mass is 9.84. The first kappa shape index (κ1) is 25.3. The summed E-state index contributed by atoms with van der Waals surface area (Å²) in [5.74, 6) is -3.03. The van der Waals surface area contributed by atoms with Gasteiger partial charge in [0.25, 0.3) is 0 Å². The van der Waals surface area contributed by atoms with Crippen LogP contribution in [0.2, 0.25) is 5.02 Å². The molecule has 3 aliphatic heterocycles. The number of benzene rings is 4. The van der Waals surface area contributed by atoms with Crippen molar-refractivity contribution in [2.45, 2.75) is 18.2 Å². The molecule has 7 rings (SSSR count). The predicted molar refractivity (Wildman–Crippen MR) is 156 cm³/mol. The van der Waals surface area contributed by atoms with E-state index in [4.69, 9.17) is 16.3 Å². The van der Waals surface area contributed by atoms with E-state index in [1.807, 2.05) is 102 Å². The van der Waals surface area contributed by atoms with E-state index in [9.17, 15) is 14.4 Å². The zero-order valence-corrected chi connectivity index (χ0v) is 22.6. The second-order valence-electron chi connectivity index (χ2n) is 10.5. The molecule has 0 spiro atoms. The number of rotatable bonds is 5. The Kier molecular flexibility index (Phi) is 6.20. The van der Waals surface area contributed by atoms with Gasteiger partial charge in [-0.25, -0.2) is 9.69 Å². The summed E-state index contributed by atoms with van der Waals surface area (Å²) < 4.78 is 6.28. The number of halogens is 1. The molecular weight excluding hydrogens is 536 g/mol. The monoisotopic (exact) mass is 560 g/mol. The number of fused-ring (bicyclic) bond motifs is 5. The number of imide groups is 1. The Bertz CT molecular complexity index is 1650. The van der Waals surface area contributed by atoms with Crippen molar-refractivity contribution < 1.29 is 19.1 Å². The summed E-state index contributed by atoms with van der Waals surface area (Å²) in [6.07, 6.45) is 3.06. The maximum absolute atomic E-state index is 14.3. The SMILES string of the molecule is O=C(OC(c1ccccc1)c1ccccc1)[C@@H]1[C@@H]2C(=O)N(c3cccc(Cl)c3)C(=O)[C@@H]2C2c3ccccc3C=CN21. The molecule has 6 nitrogen and oxygen atoms in total. The van der Waals surface area contributed by atoms with Crippen LogP contribution in [-0.2, 0) is 19.1 Å². The summed E-state index contributed by atoms with van der Waals surface area (Å²) in [7, 11) is 0. The molecule has 0 saturated carbocycles. The molecule has 0 N–H and O–H groups in total. The molecule has 0 bridgehead atoms. The number of hydrogen-bond donors (Lipinski definition) is 0. The molecule has 7 heteroatoms. The number of nitrogens with zero attached hydrogens (tertiary/aromatic N) is 2. The number of ether oxygens (including phenoxy) is 1. The zero-order chi connectivity index (χ0) is 28.1. The fraction of sp³-hybridized carbons (Fsp3) is 0.147. The lowest BCUT2D eigenvalue weighted by Crippen LogP contribution is -2.45. The number of carbonyl (C=O) groups excluding carboxylic acids is 3. The van der Waals surface area contributed by atoms with E-state index in [1.54, 1.807) is 24.3 Å². The molecule has 2 fully saturated rings. The van der Waals surface area contributed by atoms with Crippen LogP contribution in [0.1, 0.15) is 34.4 Å². The van der Waals surface area contributed by atoms with Crippen LogP contribution in [0.3, 0.4) is 0 Å². The normalized spacial score (nSPS) is 22.5. The smallest absolute Gasteiger partial charge is 0.330 e. The van der Waals surface area contributed by atoms with Crippen LogP contribution in [0.25, 0.3) is 6.08 Å². The van der Waals surface area contributed by atoms with Gasteiger partial charge in [0.1, 0.15) is 6.04 Å². The lowest BCUT2D eigenvalue weighted by molar-refractivity contribution is -0.155. The fourth-order valence-corrected chi connectivity index (χ4v) is 6.65. The quantitative estimate of drug-likeness (QED) is 0.215. The van der Waals surface area contributed by atoms with Gasteiger partial charge < -0.3 is 9.64 Å². The van der Waals surface area contributed by atoms with Crippen LogP contribution >= 0.6 is 11.6 Å². The van der Waals surface area contributed by atoms with Crippen molar-refractivity contribution in [1.29, 1.82) is 0 Å². The molecule has 1 unspecified atom stereocenters. The molecule has 2 saturated heterocycles. The molecule has 4 atom stereocenters. The van der Waals surface area contributed by atoms with Crippen molar-refractivity contribution in [2.75, 3.05) is 4.90 Å². The van der Waals surface area contributed by atoms with Gasteiger partial charge in [-0.05, 0) is 46.5 Å². The van der Waals surface area contributed by atoms with Crippen molar-refractivity contribution in [2.24, 2.45) is 11.8 Å². The van der Waals surface area contributed by atoms with Crippen LogP contribution in [0.15, 0.2) is 115 Å². The largest absolute Gasteiger partial charge is 0.451 e. The average molecular weight is 561 g/mol. The van der Waals surface area contributed by atoms with E-state index in [2.05, 4.69) is 0 Å². The molecule has 4 aromatic carbocycles. The highest BCUT2D eigenvalue weighted by atomic mass is 35.5.